The molecule has 2 aliphatic heterocycles. The number of carbonyl (C=O) groups excluding carboxylic acids is 3. The number of carbonyl (C=O) groups is 3. The van der Waals surface area contributed by atoms with Crippen LogP contribution in [0.15, 0.2) is 29.3 Å². The van der Waals surface area contributed by atoms with Crippen molar-refractivity contribution in [1.29, 1.82) is 0 Å². The predicted octanol–water partition coefficient (Wildman–Crippen LogP) is 1.15. The number of urea groups is 1. The summed E-state index contributed by atoms with van der Waals surface area (Å²) < 4.78 is 0. The normalized spacial score (nSPS) is 21.6. The lowest BCUT2D eigenvalue weighted by atomic mass is 10.0. The molecular formula is C21H29N4O3+. The van der Waals surface area contributed by atoms with Crippen LogP contribution >= 0.6 is 0 Å². The van der Waals surface area contributed by atoms with Gasteiger partial charge in [0.15, 0.2) is 5.92 Å². The molecule has 1 atom stereocenters. The number of nitrogens with one attached hydrogen (secondary N) is 2. The van der Waals surface area contributed by atoms with Gasteiger partial charge in [0.25, 0.3) is 5.91 Å². The molecule has 0 aromatic heterocycles. The van der Waals surface area contributed by atoms with E-state index in [4.69, 9.17) is 0 Å². The van der Waals surface area contributed by atoms with E-state index in [2.05, 4.69) is 24.2 Å². The van der Waals surface area contributed by atoms with Crippen molar-refractivity contribution in [3.05, 3.63) is 29.8 Å². The summed E-state index contributed by atoms with van der Waals surface area (Å²) in [5, 5.41) is 2.27. The molecule has 28 heavy (non-hydrogen) atoms. The first-order valence-corrected chi connectivity index (χ1v) is 10.1. The molecule has 1 aromatic rings. The fraction of sp³-hybridized carbons (Fsp3) is 0.524. The maximum atomic E-state index is 12.8. The Morgan fingerprint density at radius 3 is 2.46 bits per heavy atom. The van der Waals surface area contributed by atoms with Crippen LogP contribution in [0, 0.1) is 5.92 Å². The van der Waals surface area contributed by atoms with E-state index in [0.29, 0.717) is 18.2 Å². The molecule has 7 nitrogen and oxygen atoms in total. The fourth-order valence-electron chi connectivity index (χ4n) is 3.68. The molecule has 0 bridgehead atoms. The first-order chi connectivity index (χ1) is 13.5. The van der Waals surface area contributed by atoms with Crippen LogP contribution in [0.25, 0.3) is 0 Å². The van der Waals surface area contributed by atoms with Crippen molar-refractivity contribution in [3.8, 4) is 0 Å². The average molecular weight is 385 g/mol. The first-order valence-electron chi connectivity index (χ1n) is 10.1. The molecule has 0 unspecified atom stereocenters. The number of anilines is 1. The van der Waals surface area contributed by atoms with Crippen molar-refractivity contribution < 1.29 is 19.3 Å². The Bertz CT molecular complexity index is 751. The third kappa shape index (κ3) is 4.65. The van der Waals surface area contributed by atoms with E-state index in [9.17, 15) is 14.4 Å². The number of benzene rings is 1. The minimum atomic E-state index is -1.07. The lowest BCUT2D eigenvalue weighted by Crippen LogP contribution is -3.13. The summed E-state index contributed by atoms with van der Waals surface area (Å²) in [6, 6.07) is 6.53. The molecule has 2 N–H and O–H groups in total. The largest absolute Gasteiger partial charge is 0.335 e. The van der Waals surface area contributed by atoms with Crippen LogP contribution in [0.4, 0.5) is 10.5 Å². The summed E-state index contributed by atoms with van der Waals surface area (Å²) in [7, 11) is 0. The second-order valence-corrected chi connectivity index (χ2v) is 7.81. The van der Waals surface area contributed by atoms with Crippen LogP contribution in [0.1, 0.15) is 44.6 Å². The molecule has 4 amide bonds. The van der Waals surface area contributed by atoms with Gasteiger partial charge in [0.1, 0.15) is 0 Å². The van der Waals surface area contributed by atoms with Crippen LogP contribution in [0.2, 0.25) is 0 Å². The highest BCUT2D eigenvalue weighted by Gasteiger charge is 2.40. The molecular weight excluding hydrogens is 356 g/mol. The lowest BCUT2D eigenvalue weighted by Gasteiger charge is -2.28. The van der Waals surface area contributed by atoms with E-state index in [-0.39, 0.29) is 0 Å². The minimum Gasteiger partial charge on any atom is -0.333 e. The predicted molar refractivity (Wildman–Crippen MR) is 108 cm³/mol. The average Bonchev–Trinajstić information content (AvgIpc) is 2.68. The lowest BCUT2D eigenvalue weighted by molar-refractivity contribution is -0.903. The molecule has 2 heterocycles. The van der Waals surface area contributed by atoms with Gasteiger partial charge in [-0.2, -0.15) is 0 Å². The number of quaternary nitrogens is 1. The summed E-state index contributed by atoms with van der Waals surface area (Å²) in [5.41, 5.74) is 1.57. The van der Waals surface area contributed by atoms with Crippen molar-refractivity contribution >= 4 is 29.7 Å². The summed E-state index contributed by atoms with van der Waals surface area (Å²) in [4.78, 5) is 44.1. The quantitative estimate of drug-likeness (QED) is 0.569. The maximum Gasteiger partial charge on any atom is 0.335 e. The molecule has 3 rings (SSSR count). The number of amides is 4. The summed E-state index contributed by atoms with van der Waals surface area (Å²) in [6.45, 7) is 7.94. The highest BCUT2D eigenvalue weighted by atomic mass is 16.2. The second kappa shape index (κ2) is 9.10. The van der Waals surface area contributed by atoms with E-state index in [1.54, 1.807) is 12.1 Å². The van der Waals surface area contributed by atoms with Gasteiger partial charge in [0.05, 0.1) is 31.9 Å². The van der Waals surface area contributed by atoms with Crippen LogP contribution in [-0.4, -0.2) is 50.2 Å². The number of hydrogen-bond acceptors (Lipinski definition) is 4. The van der Waals surface area contributed by atoms with E-state index in [1.807, 2.05) is 12.1 Å². The Hall–Kier alpha value is -2.54. The summed E-state index contributed by atoms with van der Waals surface area (Å²) >= 11 is 0. The first kappa shape index (κ1) is 20.2. The molecule has 7 heteroatoms. The van der Waals surface area contributed by atoms with E-state index >= 15 is 0 Å². The Morgan fingerprint density at radius 1 is 1.14 bits per heavy atom. The second-order valence-electron chi connectivity index (χ2n) is 7.81. The van der Waals surface area contributed by atoms with Crippen LogP contribution in [0.3, 0.4) is 0 Å². The Morgan fingerprint density at radius 2 is 1.82 bits per heavy atom. The van der Waals surface area contributed by atoms with Crippen LogP contribution in [-0.2, 0) is 9.59 Å². The number of imide groups is 2. The molecule has 2 saturated heterocycles. The van der Waals surface area contributed by atoms with Gasteiger partial charge in [-0.15, -0.1) is 0 Å². The zero-order chi connectivity index (χ0) is 20.1. The number of hydrogen-bond donors (Lipinski definition) is 2. The summed E-state index contributed by atoms with van der Waals surface area (Å²) in [5.74, 6) is -1.89. The number of nitrogens with zero attached hydrogens (tertiary/aromatic N) is 2. The number of rotatable bonds is 6. The Balaban J connectivity index is 1.66. The SMILES string of the molecule is CC(C)c1ccc(N2C(=O)NC(=O)[C@@H](C=NCC[NH+]3CCCCC3)C2=O)cc1. The molecule has 150 valence electrons. The van der Waals surface area contributed by atoms with Crippen LogP contribution < -0.4 is 15.1 Å². The third-order valence-electron chi connectivity index (χ3n) is 5.43. The zero-order valence-corrected chi connectivity index (χ0v) is 16.6. The van der Waals surface area contributed by atoms with E-state index in [0.717, 1.165) is 30.1 Å². The fourth-order valence-corrected chi connectivity index (χ4v) is 3.68. The van der Waals surface area contributed by atoms with Crippen molar-refractivity contribution in [1.82, 2.24) is 5.32 Å². The Labute approximate surface area is 165 Å². The van der Waals surface area contributed by atoms with Gasteiger partial charge in [-0.3, -0.25) is 19.9 Å². The molecule has 0 aliphatic carbocycles. The number of piperidine rings is 1. The number of likely N-dealkylation sites (tertiary alicyclic amines) is 1. The standard InChI is InChI=1S/C21H28N4O3/c1-15(2)16-6-8-17(9-7-16)25-20(27)18(19(26)23-21(25)28)14-22-10-13-24-11-4-3-5-12-24/h6-9,14-15,18H,3-5,10-13H2,1-2H3,(H,23,26,28)/p+1/t18-/m1/s1. The minimum absolute atomic E-state index is 0.350. The van der Waals surface area contributed by atoms with Gasteiger partial charge < -0.3 is 4.90 Å². The maximum absolute atomic E-state index is 12.8. The smallest absolute Gasteiger partial charge is 0.333 e. The topological polar surface area (TPSA) is 83.3 Å². The molecule has 0 spiro atoms. The van der Waals surface area contributed by atoms with Crippen LogP contribution in [0.5, 0.6) is 0 Å². The molecule has 2 fully saturated rings. The Kier molecular flexibility index (Phi) is 6.57. The van der Waals surface area contributed by atoms with Gasteiger partial charge in [-0.05, 0) is 42.9 Å². The van der Waals surface area contributed by atoms with Gasteiger partial charge in [-0.25, -0.2) is 9.69 Å². The highest BCUT2D eigenvalue weighted by molar-refractivity contribution is 6.32. The monoisotopic (exact) mass is 385 g/mol. The van der Waals surface area contributed by atoms with Gasteiger partial charge in [0, 0.05) is 6.21 Å². The van der Waals surface area contributed by atoms with Gasteiger partial charge in [-0.1, -0.05) is 26.0 Å². The zero-order valence-electron chi connectivity index (χ0n) is 16.6. The van der Waals surface area contributed by atoms with E-state index < -0.39 is 23.8 Å². The molecule has 0 saturated carbocycles. The van der Waals surface area contributed by atoms with Crippen molar-refractivity contribution in [2.24, 2.45) is 10.9 Å². The summed E-state index contributed by atoms with van der Waals surface area (Å²) in [6.07, 6.45) is 5.18. The molecule has 0 radical (unpaired) electrons. The molecule has 2 aliphatic rings. The van der Waals surface area contributed by atoms with Crippen molar-refractivity contribution in [2.45, 2.75) is 39.0 Å². The van der Waals surface area contributed by atoms with E-state index in [1.165, 1.54) is 30.4 Å². The number of aliphatic imine (C=N–C) groups is 1. The van der Waals surface area contributed by atoms with Gasteiger partial charge >= 0.3 is 6.03 Å². The van der Waals surface area contributed by atoms with Gasteiger partial charge in [0.2, 0.25) is 5.91 Å². The van der Waals surface area contributed by atoms with Crippen molar-refractivity contribution in [3.63, 3.8) is 0 Å². The number of barbiturate groups is 1. The van der Waals surface area contributed by atoms with Crippen molar-refractivity contribution in [2.75, 3.05) is 31.1 Å². The highest BCUT2D eigenvalue weighted by Crippen LogP contribution is 2.23. The molecule has 1 aromatic carbocycles. The third-order valence-corrected chi connectivity index (χ3v) is 5.43.